The Hall–Kier alpha value is -1.36. The first-order valence-corrected chi connectivity index (χ1v) is 6.12. The second-order valence-corrected chi connectivity index (χ2v) is 4.76. The normalized spacial score (nSPS) is 18.0. The van der Waals surface area contributed by atoms with Crippen molar-refractivity contribution in [3.05, 3.63) is 12.4 Å². The van der Waals surface area contributed by atoms with Gasteiger partial charge in [-0.05, 0) is 12.8 Å². The standard InChI is InChI=1S/C12H20N4O/c1-13-10-6-14-7-11(16-10)15-8-12(9-17)4-2-3-5-12/h6-7,17H,2-5,8-9H2,1H3,(H2,13,15,16). The third kappa shape index (κ3) is 2.85. The third-order valence-electron chi connectivity index (χ3n) is 3.53. The summed E-state index contributed by atoms with van der Waals surface area (Å²) in [4.78, 5) is 8.45. The Morgan fingerprint density at radius 1 is 1.29 bits per heavy atom. The second kappa shape index (κ2) is 5.31. The minimum atomic E-state index is 0.0390. The minimum absolute atomic E-state index is 0.0390. The van der Waals surface area contributed by atoms with Gasteiger partial charge < -0.3 is 15.7 Å². The van der Waals surface area contributed by atoms with E-state index in [-0.39, 0.29) is 12.0 Å². The van der Waals surface area contributed by atoms with Gasteiger partial charge in [0, 0.05) is 19.0 Å². The van der Waals surface area contributed by atoms with Gasteiger partial charge in [-0.3, -0.25) is 4.98 Å². The zero-order chi connectivity index (χ0) is 12.1. The molecule has 1 aromatic rings. The number of rotatable bonds is 5. The molecule has 2 rings (SSSR count). The second-order valence-electron chi connectivity index (χ2n) is 4.76. The number of aromatic nitrogens is 2. The average molecular weight is 236 g/mol. The highest BCUT2D eigenvalue weighted by molar-refractivity contribution is 5.41. The van der Waals surface area contributed by atoms with Gasteiger partial charge in [0.05, 0.1) is 19.0 Å². The van der Waals surface area contributed by atoms with Gasteiger partial charge in [-0.25, -0.2) is 4.98 Å². The largest absolute Gasteiger partial charge is 0.396 e. The van der Waals surface area contributed by atoms with Crippen LogP contribution in [0.4, 0.5) is 11.6 Å². The molecule has 3 N–H and O–H groups in total. The highest BCUT2D eigenvalue weighted by Gasteiger charge is 2.32. The lowest BCUT2D eigenvalue weighted by Crippen LogP contribution is -2.30. The Labute approximate surface area is 102 Å². The molecule has 1 aromatic heterocycles. The molecule has 1 aliphatic rings. The summed E-state index contributed by atoms with van der Waals surface area (Å²) in [5.41, 5.74) is 0.0390. The molecule has 1 saturated carbocycles. The lowest BCUT2D eigenvalue weighted by atomic mass is 9.87. The first-order chi connectivity index (χ1) is 8.28. The van der Waals surface area contributed by atoms with Gasteiger partial charge in [-0.1, -0.05) is 12.8 Å². The maximum atomic E-state index is 9.51. The van der Waals surface area contributed by atoms with E-state index in [2.05, 4.69) is 20.6 Å². The molecule has 0 atom stereocenters. The molecule has 0 amide bonds. The molecule has 5 heteroatoms. The minimum Gasteiger partial charge on any atom is -0.396 e. The SMILES string of the molecule is CNc1cncc(NCC2(CO)CCCC2)n1. The molecule has 1 heterocycles. The maximum Gasteiger partial charge on any atom is 0.146 e. The molecule has 0 unspecified atom stereocenters. The number of anilines is 2. The Morgan fingerprint density at radius 3 is 2.65 bits per heavy atom. The smallest absolute Gasteiger partial charge is 0.146 e. The lowest BCUT2D eigenvalue weighted by molar-refractivity contribution is 0.142. The predicted molar refractivity (Wildman–Crippen MR) is 68.1 cm³/mol. The van der Waals surface area contributed by atoms with Crippen LogP contribution in [-0.2, 0) is 0 Å². The van der Waals surface area contributed by atoms with Crippen LogP contribution in [0.15, 0.2) is 12.4 Å². The fraction of sp³-hybridized carbons (Fsp3) is 0.667. The monoisotopic (exact) mass is 236 g/mol. The van der Waals surface area contributed by atoms with Crippen molar-refractivity contribution >= 4 is 11.6 Å². The summed E-state index contributed by atoms with van der Waals surface area (Å²) >= 11 is 0. The number of aliphatic hydroxyl groups excluding tert-OH is 1. The van der Waals surface area contributed by atoms with Crippen LogP contribution in [0.25, 0.3) is 0 Å². The van der Waals surface area contributed by atoms with Crippen molar-refractivity contribution in [2.24, 2.45) is 5.41 Å². The summed E-state index contributed by atoms with van der Waals surface area (Å²) < 4.78 is 0. The van der Waals surface area contributed by atoms with E-state index < -0.39 is 0 Å². The molecule has 17 heavy (non-hydrogen) atoms. The van der Waals surface area contributed by atoms with Crippen LogP contribution in [0.3, 0.4) is 0 Å². The summed E-state index contributed by atoms with van der Waals surface area (Å²) in [6.45, 7) is 1.02. The van der Waals surface area contributed by atoms with E-state index in [0.717, 1.165) is 31.0 Å². The molecular formula is C12H20N4O. The Bertz CT molecular complexity index is 363. The molecular weight excluding hydrogens is 216 g/mol. The van der Waals surface area contributed by atoms with Crippen molar-refractivity contribution in [3.63, 3.8) is 0 Å². The molecule has 0 spiro atoms. The van der Waals surface area contributed by atoms with Crippen molar-refractivity contribution in [2.45, 2.75) is 25.7 Å². The van der Waals surface area contributed by atoms with E-state index in [9.17, 15) is 5.11 Å². The lowest BCUT2D eigenvalue weighted by Gasteiger charge is -2.26. The average Bonchev–Trinajstić information content (AvgIpc) is 2.86. The van der Waals surface area contributed by atoms with Gasteiger partial charge >= 0.3 is 0 Å². The number of nitrogens with one attached hydrogen (secondary N) is 2. The van der Waals surface area contributed by atoms with Gasteiger partial charge in [0.25, 0.3) is 0 Å². The van der Waals surface area contributed by atoms with Crippen molar-refractivity contribution in [3.8, 4) is 0 Å². The number of aliphatic hydroxyl groups is 1. The fourth-order valence-corrected chi connectivity index (χ4v) is 2.37. The van der Waals surface area contributed by atoms with Crippen molar-refractivity contribution in [2.75, 3.05) is 30.8 Å². The quantitative estimate of drug-likeness (QED) is 0.722. The van der Waals surface area contributed by atoms with Gasteiger partial charge in [0.1, 0.15) is 11.6 Å². The first-order valence-electron chi connectivity index (χ1n) is 6.12. The van der Waals surface area contributed by atoms with Gasteiger partial charge in [-0.2, -0.15) is 0 Å². The van der Waals surface area contributed by atoms with E-state index in [4.69, 9.17) is 0 Å². The van der Waals surface area contributed by atoms with Crippen molar-refractivity contribution in [1.82, 2.24) is 9.97 Å². The van der Waals surface area contributed by atoms with E-state index >= 15 is 0 Å². The Kier molecular flexibility index (Phi) is 3.78. The first kappa shape index (κ1) is 12.1. The van der Waals surface area contributed by atoms with E-state index in [0.29, 0.717) is 0 Å². The molecule has 0 radical (unpaired) electrons. The van der Waals surface area contributed by atoms with E-state index in [1.165, 1.54) is 12.8 Å². The zero-order valence-electron chi connectivity index (χ0n) is 10.2. The van der Waals surface area contributed by atoms with Crippen LogP contribution in [0.1, 0.15) is 25.7 Å². The summed E-state index contributed by atoms with van der Waals surface area (Å²) in [6, 6.07) is 0. The molecule has 1 fully saturated rings. The number of nitrogens with zero attached hydrogens (tertiary/aromatic N) is 2. The summed E-state index contributed by atoms with van der Waals surface area (Å²) in [7, 11) is 1.82. The number of hydrogen-bond donors (Lipinski definition) is 3. The topological polar surface area (TPSA) is 70.1 Å². The van der Waals surface area contributed by atoms with Crippen LogP contribution in [0.2, 0.25) is 0 Å². The van der Waals surface area contributed by atoms with E-state index in [1.54, 1.807) is 12.4 Å². The molecule has 0 saturated heterocycles. The van der Waals surface area contributed by atoms with Crippen molar-refractivity contribution in [1.29, 1.82) is 0 Å². The predicted octanol–water partition coefficient (Wildman–Crippen LogP) is 1.48. The number of hydrogen-bond acceptors (Lipinski definition) is 5. The fourth-order valence-electron chi connectivity index (χ4n) is 2.37. The van der Waals surface area contributed by atoms with Crippen LogP contribution >= 0.6 is 0 Å². The highest BCUT2D eigenvalue weighted by atomic mass is 16.3. The van der Waals surface area contributed by atoms with Gasteiger partial charge in [0.15, 0.2) is 0 Å². The van der Waals surface area contributed by atoms with Gasteiger partial charge in [0.2, 0.25) is 0 Å². The Balaban J connectivity index is 1.96. The zero-order valence-corrected chi connectivity index (χ0v) is 10.2. The van der Waals surface area contributed by atoms with Crippen molar-refractivity contribution < 1.29 is 5.11 Å². The van der Waals surface area contributed by atoms with Gasteiger partial charge in [-0.15, -0.1) is 0 Å². The molecule has 0 aromatic carbocycles. The Morgan fingerprint density at radius 2 is 2.00 bits per heavy atom. The summed E-state index contributed by atoms with van der Waals surface area (Å²) in [5.74, 6) is 1.51. The molecule has 94 valence electrons. The van der Waals surface area contributed by atoms with Crippen LogP contribution in [0, 0.1) is 5.41 Å². The van der Waals surface area contributed by atoms with Crippen LogP contribution in [-0.4, -0.2) is 35.3 Å². The molecule has 0 aliphatic heterocycles. The summed E-state index contributed by atoms with van der Waals surface area (Å²) in [5, 5.41) is 15.7. The summed E-state index contributed by atoms with van der Waals surface area (Å²) in [6.07, 6.45) is 8.00. The molecule has 1 aliphatic carbocycles. The molecule has 0 bridgehead atoms. The maximum absolute atomic E-state index is 9.51. The van der Waals surface area contributed by atoms with E-state index in [1.807, 2.05) is 7.05 Å². The highest BCUT2D eigenvalue weighted by Crippen LogP contribution is 2.37. The van der Waals surface area contributed by atoms with Crippen LogP contribution < -0.4 is 10.6 Å². The molecule has 5 nitrogen and oxygen atoms in total. The van der Waals surface area contributed by atoms with Crippen LogP contribution in [0.5, 0.6) is 0 Å². The third-order valence-corrected chi connectivity index (χ3v) is 3.53.